The summed E-state index contributed by atoms with van der Waals surface area (Å²) in [6, 6.07) is 6.44. The maximum atomic E-state index is 13.9. The van der Waals surface area contributed by atoms with Crippen molar-refractivity contribution in [3.8, 4) is 0 Å². The summed E-state index contributed by atoms with van der Waals surface area (Å²) in [7, 11) is 0. The molecule has 0 amide bonds. The van der Waals surface area contributed by atoms with Gasteiger partial charge in [0.25, 0.3) is 0 Å². The van der Waals surface area contributed by atoms with E-state index in [0.29, 0.717) is 25.1 Å². The van der Waals surface area contributed by atoms with Crippen molar-refractivity contribution < 1.29 is 13.9 Å². The van der Waals surface area contributed by atoms with E-state index in [0.717, 1.165) is 19.6 Å². The Hall–Kier alpha value is -1.62. The molecule has 0 bridgehead atoms. The monoisotopic (exact) mass is 294 g/mol. The van der Waals surface area contributed by atoms with Gasteiger partial charge in [-0.25, -0.2) is 9.18 Å². The molecule has 1 N–H and O–H groups in total. The lowest BCUT2D eigenvalue weighted by Gasteiger charge is -2.40. The number of nitrogens with one attached hydrogen (secondary N) is 1. The zero-order chi connectivity index (χ0) is 15.3. The molecule has 0 atom stereocenters. The van der Waals surface area contributed by atoms with Crippen LogP contribution in [0.2, 0.25) is 0 Å². The number of para-hydroxylation sites is 1. The van der Waals surface area contributed by atoms with E-state index < -0.39 is 5.54 Å². The average Bonchev–Trinajstić information content (AvgIpc) is 2.50. The lowest BCUT2D eigenvalue weighted by molar-refractivity contribution is -0.150. The summed E-state index contributed by atoms with van der Waals surface area (Å²) in [5.41, 5.74) is -0.473. The molecular formula is C16H23FN2O2. The minimum absolute atomic E-state index is 0.288. The van der Waals surface area contributed by atoms with Crippen molar-refractivity contribution in [1.82, 2.24) is 4.90 Å². The molecular weight excluding hydrogens is 271 g/mol. The van der Waals surface area contributed by atoms with Crippen molar-refractivity contribution in [1.29, 1.82) is 0 Å². The van der Waals surface area contributed by atoms with E-state index in [1.54, 1.807) is 25.1 Å². The van der Waals surface area contributed by atoms with Gasteiger partial charge in [-0.1, -0.05) is 19.1 Å². The Bertz CT molecular complexity index is 485. The van der Waals surface area contributed by atoms with Gasteiger partial charge in [0, 0.05) is 13.1 Å². The van der Waals surface area contributed by atoms with Crippen molar-refractivity contribution in [2.45, 2.75) is 32.2 Å². The Labute approximate surface area is 125 Å². The van der Waals surface area contributed by atoms with Crippen LogP contribution in [0.4, 0.5) is 10.1 Å². The van der Waals surface area contributed by atoms with Gasteiger partial charge in [0.2, 0.25) is 0 Å². The van der Waals surface area contributed by atoms with Crippen LogP contribution in [-0.4, -0.2) is 42.6 Å². The van der Waals surface area contributed by atoms with Gasteiger partial charge in [-0.05, 0) is 38.4 Å². The first kappa shape index (κ1) is 15.8. The Morgan fingerprint density at radius 3 is 2.57 bits per heavy atom. The van der Waals surface area contributed by atoms with Crippen molar-refractivity contribution >= 4 is 11.7 Å². The van der Waals surface area contributed by atoms with Gasteiger partial charge in [-0.2, -0.15) is 0 Å². The summed E-state index contributed by atoms with van der Waals surface area (Å²) in [4.78, 5) is 14.7. The van der Waals surface area contributed by atoms with Crippen LogP contribution in [0, 0.1) is 5.82 Å². The van der Waals surface area contributed by atoms with Gasteiger partial charge < -0.3 is 15.0 Å². The molecule has 4 nitrogen and oxygen atoms in total. The van der Waals surface area contributed by atoms with Gasteiger partial charge in [-0.3, -0.25) is 0 Å². The van der Waals surface area contributed by atoms with E-state index in [-0.39, 0.29) is 11.8 Å². The number of carbonyl (C=O) groups is 1. The van der Waals surface area contributed by atoms with Crippen LogP contribution in [0.15, 0.2) is 24.3 Å². The number of anilines is 1. The first-order valence-electron chi connectivity index (χ1n) is 7.53. The third-order valence-electron chi connectivity index (χ3n) is 4.07. The van der Waals surface area contributed by atoms with Gasteiger partial charge in [-0.15, -0.1) is 0 Å². The van der Waals surface area contributed by atoms with Gasteiger partial charge in [0.05, 0.1) is 12.3 Å². The normalized spacial score (nSPS) is 18.2. The first-order valence-corrected chi connectivity index (χ1v) is 7.53. The lowest BCUT2D eigenvalue weighted by atomic mass is 9.87. The van der Waals surface area contributed by atoms with E-state index in [1.807, 2.05) is 0 Å². The number of benzene rings is 1. The van der Waals surface area contributed by atoms with Crippen molar-refractivity contribution in [3.63, 3.8) is 0 Å². The number of halogens is 1. The van der Waals surface area contributed by atoms with Crippen LogP contribution in [0.25, 0.3) is 0 Å². The molecule has 0 radical (unpaired) electrons. The fourth-order valence-electron chi connectivity index (χ4n) is 2.72. The molecule has 1 aliphatic heterocycles. The smallest absolute Gasteiger partial charge is 0.331 e. The van der Waals surface area contributed by atoms with Gasteiger partial charge >= 0.3 is 5.97 Å². The molecule has 0 unspecified atom stereocenters. The molecule has 1 aliphatic rings. The van der Waals surface area contributed by atoms with E-state index in [2.05, 4.69) is 17.1 Å². The van der Waals surface area contributed by atoms with Crippen LogP contribution in [0.1, 0.15) is 26.7 Å². The number of nitrogens with zero attached hydrogens (tertiary/aromatic N) is 1. The maximum absolute atomic E-state index is 13.9. The fourth-order valence-corrected chi connectivity index (χ4v) is 2.72. The average molecular weight is 294 g/mol. The summed E-state index contributed by atoms with van der Waals surface area (Å²) in [5, 5.41) is 3.12. The number of rotatable bonds is 5. The fraction of sp³-hybridized carbons (Fsp3) is 0.562. The Morgan fingerprint density at radius 1 is 1.33 bits per heavy atom. The molecule has 0 aliphatic carbocycles. The number of carbonyl (C=O) groups excluding carboxylic acids is 1. The molecule has 1 aromatic rings. The quantitative estimate of drug-likeness (QED) is 0.848. The second-order valence-electron chi connectivity index (χ2n) is 5.34. The summed E-state index contributed by atoms with van der Waals surface area (Å²) < 4.78 is 19.1. The summed E-state index contributed by atoms with van der Waals surface area (Å²) >= 11 is 0. The lowest BCUT2D eigenvalue weighted by Crippen LogP contribution is -2.55. The topological polar surface area (TPSA) is 41.6 Å². The number of hydrogen-bond acceptors (Lipinski definition) is 4. The predicted molar refractivity (Wildman–Crippen MR) is 80.7 cm³/mol. The van der Waals surface area contributed by atoms with Crippen LogP contribution in [-0.2, 0) is 9.53 Å². The third-order valence-corrected chi connectivity index (χ3v) is 4.07. The molecule has 0 aromatic heterocycles. The molecule has 1 fully saturated rings. The number of piperidine rings is 1. The van der Waals surface area contributed by atoms with Crippen LogP contribution >= 0.6 is 0 Å². The standard InChI is InChI=1S/C16H23FN2O2/c1-3-19-11-9-16(10-12-19,15(20)21-4-2)18-14-8-6-5-7-13(14)17/h5-8,18H,3-4,9-12H2,1-2H3. The zero-order valence-corrected chi connectivity index (χ0v) is 12.7. The highest BCUT2D eigenvalue weighted by atomic mass is 19.1. The van der Waals surface area contributed by atoms with Crippen molar-refractivity contribution in [2.24, 2.45) is 0 Å². The molecule has 0 saturated carbocycles. The van der Waals surface area contributed by atoms with Crippen LogP contribution in [0.5, 0.6) is 0 Å². The van der Waals surface area contributed by atoms with E-state index in [1.165, 1.54) is 6.07 Å². The first-order chi connectivity index (χ1) is 10.1. The highest BCUT2D eigenvalue weighted by Gasteiger charge is 2.42. The molecule has 1 heterocycles. The molecule has 1 aromatic carbocycles. The third kappa shape index (κ3) is 3.53. The number of hydrogen-bond donors (Lipinski definition) is 1. The van der Waals surface area contributed by atoms with Crippen LogP contribution in [0.3, 0.4) is 0 Å². The molecule has 0 spiro atoms. The highest BCUT2D eigenvalue weighted by Crippen LogP contribution is 2.29. The summed E-state index contributed by atoms with van der Waals surface area (Å²) in [5.74, 6) is -0.636. The van der Waals surface area contributed by atoms with E-state index >= 15 is 0 Å². The Balaban J connectivity index is 2.21. The molecule has 5 heteroatoms. The molecule has 1 saturated heterocycles. The second kappa shape index (κ2) is 6.89. The summed E-state index contributed by atoms with van der Waals surface area (Å²) in [6.07, 6.45) is 1.24. The molecule has 116 valence electrons. The number of likely N-dealkylation sites (tertiary alicyclic amines) is 1. The predicted octanol–water partition coefficient (Wildman–Crippen LogP) is 2.66. The van der Waals surface area contributed by atoms with Crippen molar-refractivity contribution in [2.75, 3.05) is 31.6 Å². The minimum atomic E-state index is -0.829. The summed E-state index contributed by atoms with van der Waals surface area (Å²) in [6.45, 7) is 6.78. The van der Waals surface area contributed by atoms with Crippen molar-refractivity contribution in [3.05, 3.63) is 30.1 Å². The van der Waals surface area contributed by atoms with Gasteiger partial charge in [0.1, 0.15) is 11.4 Å². The second-order valence-corrected chi connectivity index (χ2v) is 5.34. The number of ether oxygens (including phenoxy) is 1. The Morgan fingerprint density at radius 2 is 2.00 bits per heavy atom. The van der Waals surface area contributed by atoms with Crippen LogP contribution < -0.4 is 5.32 Å². The maximum Gasteiger partial charge on any atom is 0.331 e. The van der Waals surface area contributed by atoms with E-state index in [9.17, 15) is 9.18 Å². The van der Waals surface area contributed by atoms with Gasteiger partial charge in [0.15, 0.2) is 0 Å². The minimum Gasteiger partial charge on any atom is -0.464 e. The largest absolute Gasteiger partial charge is 0.464 e. The Kier molecular flexibility index (Phi) is 5.17. The van der Waals surface area contributed by atoms with E-state index in [4.69, 9.17) is 4.74 Å². The number of esters is 1. The zero-order valence-electron chi connectivity index (χ0n) is 12.7. The molecule has 2 rings (SSSR count). The highest BCUT2D eigenvalue weighted by molar-refractivity contribution is 5.85. The molecule has 21 heavy (non-hydrogen) atoms. The SMILES string of the molecule is CCOC(=O)C1(Nc2ccccc2F)CCN(CC)CC1.